The number of carbonyl (C=O) groups excluding carboxylic acids is 1. The van der Waals surface area contributed by atoms with E-state index in [4.69, 9.17) is 0 Å². The van der Waals surface area contributed by atoms with Gasteiger partial charge in [-0.2, -0.15) is 0 Å². The maximum Gasteiger partial charge on any atom is 0.224 e. The molecule has 0 spiro atoms. The lowest BCUT2D eigenvalue weighted by Gasteiger charge is -2.09. The summed E-state index contributed by atoms with van der Waals surface area (Å²) < 4.78 is 0. The van der Waals surface area contributed by atoms with Gasteiger partial charge in [0.15, 0.2) is 0 Å². The molecule has 2 heteroatoms. The highest BCUT2D eigenvalue weighted by Crippen LogP contribution is 2.11. The number of benzene rings is 2. The maximum absolute atomic E-state index is 12.0. The minimum Gasteiger partial charge on any atom is -0.356 e. The zero-order valence-corrected chi connectivity index (χ0v) is 13.8. The second-order valence-electron chi connectivity index (χ2n) is 6.05. The van der Waals surface area contributed by atoms with Crippen LogP contribution in [-0.4, -0.2) is 12.5 Å². The van der Waals surface area contributed by atoms with Crippen molar-refractivity contribution in [1.29, 1.82) is 0 Å². The molecular formula is C20H25NO. The Morgan fingerprint density at radius 1 is 1.00 bits per heavy atom. The van der Waals surface area contributed by atoms with E-state index in [0.717, 1.165) is 24.9 Å². The molecule has 1 N–H and O–H groups in total. The molecule has 0 atom stereocenters. The number of aryl methyl sites for hydroxylation is 4. The van der Waals surface area contributed by atoms with E-state index in [1.54, 1.807) is 0 Å². The SMILES string of the molecule is Cc1cccc(CCCNC(=O)Cc2cc(C)ccc2C)c1. The van der Waals surface area contributed by atoms with Gasteiger partial charge in [-0.15, -0.1) is 0 Å². The van der Waals surface area contributed by atoms with Crippen LogP contribution < -0.4 is 5.32 Å². The van der Waals surface area contributed by atoms with Gasteiger partial charge in [-0.3, -0.25) is 4.79 Å². The Balaban J connectivity index is 1.75. The first kappa shape index (κ1) is 16.3. The number of rotatable bonds is 6. The molecule has 0 aliphatic heterocycles. The molecule has 116 valence electrons. The predicted octanol–water partition coefficient (Wildman–Crippen LogP) is 3.90. The van der Waals surface area contributed by atoms with Crippen LogP contribution in [0, 0.1) is 20.8 Å². The molecule has 2 nitrogen and oxygen atoms in total. The van der Waals surface area contributed by atoms with Crippen LogP contribution in [-0.2, 0) is 17.6 Å². The summed E-state index contributed by atoms with van der Waals surface area (Å²) in [7, 11) is 0. The number of nitrogens with one attached hydrogen (secondary N) is 1. The van der Waals surface area contributed by atoms with E-state index in [2.05, 4.69) is 68.6 Å². The van der Waals surface area contributed by atoms with Crippen LogP contribution in [0.1, 0.15) is 34.2 Å². The first-order valence-electron chi connectivity index (χ1n) is 7.93. The molecule has 0 aromatic heterocycles. The van der Waals surface area contributed by atoms with Crippen molar-refractivity contribution in [3.05, 3.63) is 70.3 Å². The van der Waals surface area contributed by atoms with Gasteiger partial charge in [0.25, 0.3) is 0 Å². The molecule has 0 saturated heterocycles. The summed E-state index contributed by atoms with van der Waals surface area (Å²) in [4.78, 5) is 12.0. The molecule has 2 rings (SSSR count). The van der Waals surface area contributed by atoms with Crippen LogP contribution in [0.4, 0.5) is 0 Å². The topological polar surface area (TPSA) is 29.1 Å². The van der Waals surface area contributed by atoms with E-state index in [1.165, 1.54) is 22.3 Å². The predicted molar refractivity (Wildman–Crippen MR) is 92.1 cm³/mol. The highest BCUT2D eigenvalue weighted by Gasteiger charge is 2.06. The monoisotopic (exact) mass is 295 g/mol. The molecule has 0 aliphatic carbocycles. The first-order chi connectivity index (χ1) is 10.5. The van der Waals surface area contributed by atoms with Crippen LogP contribution in [0.3, 0.4) is 0 Å². The maximum atomic E-state index is 12.0. The molecule has 22 heavy (non-hydrogen) atoms. The average molecular weight is 295 g/mol. The molecule has 0 fully saturated rings. The molecule has 0 bridgehead atoms. The third kappa shape index (κ3) is 5.03. The van der Waals surface area contributed by atoms with Crippen molar-refractivity contribution in [1.82, 2.24) is 5.32 Å². The van der Waals surface area contributed by atoms with Crippen molar-refractivity contribution in [2.24, 2.45) is 0 Å². The summed E-state index contributed by atoms with van der Waals surface area (Å²) in [5.41, 5.74) is 6.13. The number of amides is 1. The van der Waals surface area contributed by atoms with Gasteiger partial charge in [0.1, 0.15) is 0 Å². The van der Waals surface area contributed by atoms with Crippen molar-refractivity contribution >= 4 is 5.91 Å². The Hall–Kier alpha value is -2.09. The fourth-order valence-electron chi connectivity index (χ4n) is 2.61. The highest BCUT2D eigenvalue weighted by atomic mass is 16.1. The summed E-state index contributed by atoms with van der Waals surface area (Å²) in [5.74, 6) is 0.109. The van der Waals surface area contributed by atoms with Gasteiger partial charge in [-0.1, -0.05) is 53.6 Å². The van der Waals surface area contributed by atoms with Crippen molar-refractivity contribution in [3.8, 4) is 0 Å². The lowest BCUT2D eigenvalue weighted by atomic mass is 10.0. The molecule has 0 aliphatic rings. The van der Waals surface area contributed by atoms with Gasteiger partial charge >= 0.3 is 0 Å². The van der Waals surface area contributed by atoms with E-state index >= 15 is 0 Å². The van der Waals surface area contributed by atoms with Gasteiger partial charge in [-0.05, 0) is 50.3 Å². The number of carbonyl (C=O) groups is 1. The van der Waals surface area contributed by atoms with Crippen LogP contribution in [0.15, 0.2) is 42.5 Å². The summed E-state index contributed by atoms with van der Waals surface area (Å²) in [6.07, 6.45) is 2.45. The van der Waals surface area contributed by atoms with Crippen molar-refractivity contribution in [2.75, 3.05) is 6.54 Å². The Morgan fingerprint density at radius 3 is 2.55 bits per heavy atom. The van der Waals surface area contributed by atoms with E-state index in [1.807, 2.05) is 0 Å². The van der Waals surface area contributed by atoms with Crippen molar-refractivity contribution < 1.29 is 4.79 Å². The Bertz CT molecular complexity index is 646. The molecule has 2 aromatic rings. The molecule has 0 radical (unpaired) electrons. The van der Waals surface area contributed by atoms with E-state index in [9.17, 15) is 4.79 Å². The fourth-order valence-corrected chi connectivity index (χ4v) is 2.61. The van der Waals surface area contributed by atoms with Crippen molar-refractivity contribution in [2.45, 2.75) is 40.0 Å². The normalized spacial score (nSPS) is 10.5. The zero-order chi connectivity index (χ0) is 15.9. The van der Waals surface area contributed by atoms with Gasteiger partial charge in [0.05, 0.1) is 6.42 Å². The largest absolute Gasteiger partial charge is 0.356 e. The third-order valence-electron chi connectivity index (χ3n) is 3.90. The van der Waals surface area contributed by atoms with E-state index in [-0.39, 0.29) is 5.91 Å². The van der Waals surface area contributed by atoms with E-state index in [0.29, 0.717) is 6.42 Å². The van der Waals surface area contributed by atoms with Crippen LogP contribution >= 0.6 is 0 Å². The van der Waals surface area contributed by atoms with Crippen LogP contribution in [0.5, 0.6) is 0 Å². The summed E-state index contributed by atoms with van der Waals surface area (Å²) in [6, 6.07) is 14.8. The minimum absolute atomic E-state index is 0.109. The standard InChI is InChI=1S/C20H25NO/c1-15-6-4-7-18(12-15)8-5-11-21-20(22)14-19-13-16(2)9-10-17(19)3/h4,6-7,9-10,12-13H,5,8,11,14H2,1-3H3,(H,21,22). The molecule has 0 saturated carbocycles. The molecule has 0 heterocycles. The fraction of sp³-hybridized carbons (Fsp3) is 0.350. The van der Waals surface area contributed by atoms with Crippen molar-refractivity contribution in [3.63, 3.8) is 0 Å². The third-order valence-corrected chi connectivity index (χ3v) is 3.90. The molecule has 0 unspecified atom stereocenters. The molecular weight excluding hydrogens is 270 g/mol. The zero-order valence-electron chi connectivity index (χ0n) is 13.8. The lowest BCUT2D eigenvalue weighted by molar-refractivity contribution is -0.120. The second kappa shape index (κ2) is 7.79. The first-order valence-corrected chi connectivity index (χ1v) is 7.93. The van der Waals surface area contributed by atoms with Gasteiger partial charge in [0, 0.05) is 6.54 Å². The average Bonchev–Trinajstić information content (AvgIpc) is 2.48. The van der Waals surface area contributed by atoms with Crippen LogP contribution in [0.2, 0.25) is 0 Å². The quantitative estimate of drug-likeness (QED) is 0.805. The minimum atomic E-state index is 0.109. The number of hydrogen-bond donors (Lipinski definition) is 1. The Labute approximate surface area is 133 Å². The molecule has 2 aromatic carbocycles. The summed E-state index contributed by atoms with van der Waals surface area (Å²) >= 11 is 0. The summed E-state index contributed by atoms with van der Waals surface area (Å²) in [6.45, 7) is 6.95. The van der Waals surface area contributed by atoms with E-state index < -0.39 is 0 Å². The van der Waals surface area contributed by atoms with Gasteiger partial charge < -0.3 is 5.32 Å². The van der Waals surface area contributed by atoms with Gasteiger partial charge in [0.2, 0.25) is 5.91 Å². The number of hydrogen-bond acceptors (Lipinski definition) is 1. The highest BCUT2D eigenvalue weighted by molar-refractivity contribution is 5.78. The second-order valence-corrected chi connectivity index (χ2v) is 6.05. The summed E-state index contributed by atoms with van der Waals surface area (Å²) in [5, 5.41) is 3.02. The van der Waals surface area contributed by atoms with Gasteiger partial charge in [-0.25, -0.2) is 0 Å². The molecule has 1 amide bonds. The Kier molecular flexibility index (Phi) is 5.76. The van der Waals surface area contributed by atoms with Crippen LogP contribution in [0.25, 0.3) is 0 Å². The lowest BCUT2D eigenvalue weighted by Crippen LogP contribution is -2.26. The smallest absolute Gasteiger partial charge is 0.224 e. The Morgan fingerprint density at radius 2 is 1.77 bits per heavy atom.